The van der Waals surface area contributed by atoms with Gasteiger partial charge in [-0.05, 0) is 49.2 Å². The Hall–Kier alpha value is -2.82. The molecule has 0 saturated heterocycles. The SMILES string of the molecule is CC(=O)N(CC(=O)N1c2ccccc2CC1C)c1ccc(N(C)C)cc1. The number of anilines is 3. The molecule has 0 fully saturated rings. The minimum Gasteiger partial charge on any atom is -0.378 e. The number of benzene rings is 2. The number of para-hydroxylation sites is 1. The van der Waals surface area contributed by atoms with Gasteiger partial charge in [-0.3, -0.25) is 9.59 Å². The first-order valence-corrected chi connectivity index (χ1v) is 8.84. The van der Waals surface area contributed by atoms with Gasteiger partial charge in [0, 0.05) is 44.1 Å². The number of hydrogen-bond acceptors (Lipinski definition) is 3. The van der Waals surface area contributed by atoms with Crippen molar-refractivity contribution >= 4 is 28.9 Å². The van der Waals surface area contributed by atoms with Crippen LogP contribution in [0.15, 0.2) is 48.5 Å². The van der Waals surface area contributed by atoms with E-state index in [1.165, 1.54) is 17.4 Å². The molecule has 2 amide bonds. The molecule has 0 spiro atoms. The average Bonchev–Trinajstić information content (AvgIpc) is 2.95. The smallest absolute Gasteiger partial charge is 0.247 e. The number of carbonyl (C=O) groups excluding carboxylic acids is 2. The molecule has 3 rings (SSSR count). The lowest BCUT2D eigenvalue weighted by atomic mass is 10.1. The molecule has 0 aromatic heterocycles. The second kappa shape index (κ2) is 7.20. The maximum atomic E-state index is 13.0. The minimum absolute atomic E-state index is 0.0370. The van der Waals surface area contributed by atoms with Crippen molar-refractivity contribution in [2.45, 2.75) is 26.3 Å². The third-order valence-corrected chi connectivity index (χ3v) is 4.83. The van der Waals surface area contributed by atoms with E-state index < -0.39 is 0 Å². The van der Waals surface area contributed by atoms with Gasteiger partial charge in [0.1, 0.15) is 6.54 Å². The van der Waals surface area contributed by atoms with Gasteiger partial charge in [-0.2, -0.15) is 0 Å². The van der Waals surface area contributed by atoms with Crippen LogP contribution in [0.2, 0.25) is 0 Å². The van der Waals surface area contributed by atoms with Crippen LogP contribution < -0.4 is 14.7 Å². The number of rotatable bonds is 4. The molecule has 1 atom stereocenters. The molecule has 1 aliphatic heterocycles. The van der Waals surface area contributed by atoms with Gasteiger partial charge in [0.05, 0.1) is 0 Å². The van der Waals surface area contributed by atoms with Crippen molar-refractivity contribution in [1.29, 1.82) is 0 Å². The Balaban J connectivity index is 1.82. The van der Waals surface area contributed by atoms with Crippen LogP contribution in [0.4, 0.5) is 17.1 Å². The molecule has 2 aromatic rings. The fourth-order valence-electron chi connectivity index (χ4n) is 3.47. The first kappa shape index (κ1) is 18.0. The summed E-state index contributed by atoms with van der Waals surface area (Å²) in [5, 5.41) is 0. The lowest BCUT2D eigenvalue weighted by Crippen LogP contribution is -2.44. The molecule has 1 unspecified atom stereocenters. The lowest BCUT2D eigenvalue weighted by Gasteiger charge is -2.27. The van der Waals surface area contributed by atoms with E-state index in [1.807, 2.05) is 73.3 Å². The maximum Gasteiger partial charge on any atom is 0.247 e. The van der Waals surface area contributed by atoms with Crippen molar-refractivity contribution in [3.05, 3.63) is 54.1 Å². The molecule has 5 nitrogen and oxygen atoms in total. The van der Waals surface area contributed by atoms with E-state index in [2.05, 4.69) is 6.07 Å². The molecule has 1 heterocycles. The van der Waals surface area contributed by atoms with Crippen LogP contribution in [0.25, 0.3) is 0 Å². The second-order valence-corrected chi connectivity index (χ2v) is 6.96. The van der Waals surface area contributed by atoms with Gasteiger partial charge in [0.2, 0.25) is 11.8 Å². The summed E-state index contributed by atoms with van der Waals surface area (Å²) in [5.41, 5.74) is 3.91. The van der Waals surface area contributed by atoms with Crippen LogP contribution in [0.3, 0.4) is 0 Å². The van der Waals surface area contributed by atoms with Crippen molar-refractivity contribution in [1.82, 2.24) is 0 Å². The second-order valence-electron chi connectivity index (χ2n) is 6.96. The van der Waals surface area contributed by atoms with Crippen LogP contribution in [0.1, 0.15) is 19.4 Å². The molecule has 0 radical (unpaired) electrons. The van der Waals surface area contributed by atoms with Crippen molar-refractivity contribution in [3.63, 3.8) is 0 Å². The van der Waals surface area contributed by atoms with Crippen molar-refractivity contribution < 1.29 is 9.59 Å². The van der Waals surface area contributed by atoms with E-state index >= 15 is 0 Å². The molecular formula is C21H25N3O2. The third kappa shape index (κ3) is 3.43. The summed E-state index contributed by atoms with van der Waals surface area (Å²) < 4.78 is 0. The predicted molar refractivity (Wildman–Crippen MR) is 106 cm³/mol. The lowest BCUT2D eigenvalue weighted by molar-refractivity contribution is -0.121. The first-order valence-electron chi connectivity index (χ1n) is 8.84. The number of carbonyl (C=O) groups is 2. The van der Waals surface area contributed by atoms with Crippen molar-refractivity contribution in [2.24, 2.45) is 0 Å². The molecule has 0 aliphatic carbocycles. The predicted octanol–water partition coefficient (Wildman–Crippen LogP) is 3.08. The van der Waals surface area contributed by atoms with E-state index in [0.29, 0.717) is 0 Å². The normalized spacial score (nSPS) is 15.5. The van der Waals surface area contributed by atoms with E-state index in [9.17, 15) is 9.59 Å². The van der Waals surface area contributed by atoms with Crippen LogP contribution >= 0.6 is 0 Å². The Bertz CT molecular complexity index is 814. The quantitative estimate of drug-likeness (QED) is 0.850. The summed E-state index contributed by atoms with van der Waals surface area (Å²) in [4.78, 5) is 30.5. The van der Waals surface area contributed by atoms with Crippen molar-refractivity contribution in [2.75, 3.05) is 35.3 Å². The Morgan fingerprint density at radius 1 is 1.04 bits per heavy atom. The standard InChI is InChI=1S/C21H25N3O2/c1-15-13-17-7-5-6-8-20(17)24(15)21(26)14-23(16(2)25)19-11-9-18(10-12-19)22(3)4/h5-12,15H,13-14H2,1-4H3. The van der Waals surface area contributed by atoms with E-state index in [0.717, 1.165) is 23.5 Å². The maximum absolute atomic E-state index is 13.0. The molecule has 5 heteroatoms. The van der Waals surface area contributed by atoms with Gasteiger partial charge in [-0.25, -0.2) is 0 Å². The first-order chi connectivity index (χ1) is 12.4. The number of nitrogens with zero attached hydrogens (tertiary/aromatic N) is 3. The van der Waals surface area contributed by atoms with Crippen LogP contribution in [-0.2, 0) is 16.0 Å². The number of fused-ring (bicyclic) bond motifs is 1. The van der Waals surface area contributed by atoms with Crippen LogP contribution in [0.5, 0.6) is 0 Å². The summed E-state index contributed by atoms with van der Waals surface area (Å²) in [7, 11) is 3.93. The summed E-state index contributed by atoms with van der Waals surface area (Å²) in [6.45, 7) is 3.58. The zero-order chi connectivity index (χ0) is 18.8. The molecule has 0 N–H and O–H groups in total. The van der Waals surface area contributed by atoms with Crippen molar-refractivity contribution in [3.8, 4) is 0 Å². The highest BCUT2D eigenvalue weighted by Crippen LogP contribution is 2.32. The fourth-order valence-corrected chi connectivity index (χ4v) is 3.47. The zero-order valence-electron chi connectivity index (χ0n) is 15.8. The number of amides is 2. The largest absolute Gasteiger partial charge is 0.378 e. The molecular weight excluding hydrogens is 326 g/mol. The summed E-state index contributed by atoms with van der Waals surface area (Å²) >= 11 is 0. The minimum atomic E-state index is -0.143. The van der Waals surface area contributed by atoms with Gasteiger partial charge in [0.15, 0.2) is 0 Å². The summed E-state index contributed by atoms with van der Waals surface area (Å²) in [6.07, 6.45) is 0.847. The third-order valence-electron chi connectivity index (χ3n) is 4.83. The average molecular weight is 351 g/mol. The van der Waals surface area contributed by atoms with Crippen LogP contribution in [0, 0.1) is 0 Å². The fraction of sp³-hybridized carbons (Fsp3) is 0.333. The Labute approximate surface area is 154 Å². The highest BCUT2D eigenvalue weighted by molar-refractivity contribution is 6.04. The van der Waals surface area contributed by atoms with Crippen LogP contribution in [-0.4, -0.2) is 38.5 Å². The van der Waals surface area contributed by atoms with Gasteiger partial charge >= 0.3 is 0 Å². The molecule has 136 valence electrons. The monoisotopic (exact) mass is 351 g/mol. The van der Waals surface area contributed by atoms with Gasteiger partial charge in [-0.15, -0.1) is 0 Å². The van der Waals surface area contributed by atoms with E-state index in [4.69, 9.17) is 0 Å². The van der Waals surface area contributed by atoms with E-state index in [-0.39, 0.29) is 24.4 Å². The van der Waals surface area contributed by atoms with Gasteiger partial charge < -0.3 is 14.7 Å². The van der Waals surface area contributed by atoms with Gasteiger partial charge in [-0.1, -0.05) is 18.2 Å². The number of hydrogen-bond donors (Lipinski definition) is 0. The molecule has 1 aliphatic rings. The van der Waals surface area contributed by atoms with E-state index in [1.54, 1.807) is 0 Å². The van der Waals surface area contributed by atoms with Gasteiger partial charge in [0.25, 0.3) is 0 Å². The topological polar surface area (TPSA) is 43.9 Å². The highest BCUT2D eigenvalue weighted by atomic mass is 16.2. The zero-order valence-corrected chi connectivity index (χ0v) is 15.8. The highest BCUT2D eigenvalue weighted by Gasteiger charge is 2.32. The Kier molecular flexibility index (Phi) is 4.98. The Morgan fingerprint density at radius 3 is 2.27 bits per heavy atom. The molecule has 0 saturated carbocycles. The summed E-state index contributed by atoms with van der Waals surface area (Å²) in [5.74, 6) is -0.203. The molecule has 26 heavy (non-hydrogen) atoms. The summed E-state index contributed by atoms with van der Waals surface area (Å²) in [6, 6.07) is 15.7. The molecule has 0 bridgehead atoms. The molecule has 2 aromatic carbocycles. The Morgan fingerprint density at radius 2 is 1.65 bits per heavy atom.